The van der Waals surface area contributed by atoms with Crippen LogP contribution in [0.15, 0.2) is 42.0 Å². The Bertz CT molecular complexity index is 631. The van der Waals surface area contributed by atoms with Crippen LogP contribution in [0.3, 0.4) is 0 Å². The summed E-state index contributed by atoms with van der Waals surface area (Å²) in [6.45, 7) is 0.189. The summed E-state index contributed by atoms with van der Waals surface area (Å²) < 4.78 is 5.25. The van der Waals surface area contributed by atoms with Gasteiger partial charge in [0.1, 0.15) is 17.8 Å². The molecule has 3 atom stereocenters. The van der Waals surface area contributed by atoms with Gasteiger partial charge in [0.05, 0.1) is 6.04 Å². The number of alkyl carbamates (subject to hydrolysis) is 1. The molecule has 3 rings (SSSR count). The van der Waals surface area contributed by atoms with Crippen molar-refractivity contribution in [3.63, 3.8) is 0 Å². The SMILES string of the molecule is O=C[C@]1(Cl)C[C@@H]2CCCCC2=C[C@@H]1NC(=O)OCc1ccccc1. The molecule has 1 N–H and O–H groups in total. The van der Waals surface area contributed by atoms with Gasteiger partial charge >= 0.3 is 6.09 Å². The number of hydrogen-bond donors (Lipinski definition) is 1. The molecule has 1 amide bonds. The minimum absolute atomic E-state index is 0.189. The molecular weight excluding hydrogens is 326 g/mol. The van der Waals surface area contributed by atoms with Gasteiger partial charge in [-0.3, -0.25) is 0 Å². The van der Waals surface area contributed by atoms with Crippen LogP contribution < -0.4 is 5.32 Å². The van der Waals surface area contributed by atoms with Crippen molar-refractivity contribution in [1.29, 1.82) is 0 Å². The lowest BCUT2D eigenvalue weighted by Crippen LogP contribution is -2.53. The lowest BCUT2D eigenvalue weighted by Gasteiger charge is -2.40. The van der Waals surface area contributed by atoms with Crippen LogP contribution in [0.25, 0.3) is 0 Å². The number of halogens is 1. The van der Waals surface area contributed by atoms with Crippen LogP contribution in [0.1, 0.15) is 37.7 Å². The van der Waals surface area contributed by atoms with Crippen molar-refractivity contribution in [2.45, 2.75) is 49.6 Å². The molecule has 0 spiro atoms. The van der Waals surface area contributed by atoms with Gasteiger partial charge in [-0.25, -0.2) is 4.79 Å². The van der Waals surface area contributed by atoms with Crippen LogP contribution in [-0.2, 0) is 16.1 Å². The summed E-state index contributed by atoms with van der Waals surface area (Å²) >= 11 is 6.52. The second kappa shape index (κ2) is 7.39. The highest BCUT2D eigenvalue weighted by molar-refractivity contribution is 6.32. The molecule has 4 nitrogen and oxygen atoms in total. The molecule has 24 heavy (non-hydrogen) atoms. The van der Waals surface area contributed by atoms with E-state index in [4.69, 9.17) is 16.3 Å². The van der Waals surface area contributed by atoms with Crippen LogP contribution >= 0.6 is 11.6 Å². The molecule has 0 aromatic heterocycles. The van der Waals surface area contributed by atoms with E-state index in [9.17, 15) is 9.59 Å². The van der Waals surface area contributed by atoms with Crippen LogP contribution in [0.5, 0.6) is 0 Å². The summed E-state index contributed by atoms with van der Waals surface area (Å²) in [6, 6.07) is 8.94. The van der Waals surface area contributed by atoms with E-state index in [-0.39, 0.29) is 6.61 Å². The fraction of sp³-hybridized carbons (Fsp3) is 0.474. The highest BCUT2D eigenvalue weighted by atomic mass is 35.5. The summed E-state index contributed by atoms with van der Waals surface area (Å²) in [7, 11) is 0. The fourth-order valence-corrected chi connectivity index (χ4v) is 3.90. The summed E-state index contributed by atoms with van der Waals surface area (Å²) in [5.74, 6) is 0.361. The molecular formula is C19H22ClNO3. The first-order valence-corrected chi connectivity index (χ1v) is 8.81. The Morgan fingerprint density at radius 3 is 2.88 bits per heavy atom. The molecule has 0 saturated heterocycles. The monoisotopic (exact) mass is 347 g/mol. The molecule has 1 fully saturated rings. The van der Waals surface area contributed by atoms with Gasteiger partial charge in [-0.15, -0.1) is 11.6 Å². The van der Waals surface area contributed by atoms with Gasteiger partial charge < -0.3 is 14.8 Å². The van der Waals surface area contributed by atoms with Gasteiger partial charge in [0, 0.05) is 0 Å². The van der Waals surface area contributed by atoms with Gasteiger partial charge in [-0.1, -0.05) is 48.4 Å². The van der Waals surface area contributed by atoms with Crippen molar-refractivity contribution in [2.24, 2.45) is 5.92 Å². The lowest BCUT2D eigenvalue weighted by atomic mass is 9.72. The van der Waals surface area contributed by atoms with Crippen molar-refractivity contribution in [3.8, 4) is 0 Å². The van der Waals surface area contributed by atoms with Crippen LogP contribution in [0, 0.1) is 5.92 Å². The Morgan fingerprint density at radius 1 is 1.33 bits per heavy atom. The van der Waals surface area contributed by atoms with E-state index in [2.05, 4.69) is 5.32 Å². The topological polar surface area (TPSA) is 55.4 Å². The molecule has 0 bridgehead atoms. The summed E-state index contributed by atoms with van der Waals surface area (Å²) in [6.07, 6.45) is 7.17. The molecule has 2 aliphatic carbocycles. The first-order chi connectivity index (χ1) is 11.6. The van der Waals surface area contributed by atoms with E-state index >= 15 is 0 Å². The number of carbonyl (C=O) groups is 2. The first-order valence-electron chi connectivity index (χ1n) is 8.44. The highest BCUT2D eigenvalue weighted by Gasteiger charge is 2.44. The average Bonchev–Trinajstić information content (AvgIpc) is 2.61. The summed E-state index contributed by atoms with van der Waals surface area (Å²) in [4.78, 5) is 22.6. The number of amides is 1. The van der Waals surface area contributed by atoms with E-state index in [0.717, 1.165) is 31.1 Å². The third-order valence-corrected chi connectivity index (χ3v) is 5.41. The molecule has 5 heteroatoms. The highest BCUT2D eigenvalue weighted by Crippen LogP contribution is 2.42. The number of nitrogens with one attached hydrogen (secondary N) is 1. The number of rotatable bonds is 4. The first kappa shape index (κ1) is 17.0. The van der Waals surface area contributed by atoms with Crippen molar-refractivity contribution >= 4 is 24.0 Å². The fourth-order valence-electron chi connectivity index (χ4n) is 3.59. The van der Waals surface area contributed by atoms with Gasteiger partial charge in [0.15, 0.2) is 0 Å². The number of hydrogen-bond acceptors (Lipinski definition) is 3. The summed E-state index contributed by atoms with van der Waals surface area (Å²) in [5.41, 5.74) is 2.22. The molecule has 1 aromatic carbocycles. The maximum atomic E-state index is 12.1. The van der Waals surface area contributed by atoms with Crippen LogP contribution in [0.4, 0.5) is 4.79 Å². The standard InChI is InChI=1S/C19H22ClNO3/c20-19(13-22)11-16-9-5-4-8-15(16)10-17(19)21-18(23)24-12-14-6-2-1-3-7-14/h1-3,6-7,10,13,16-17H,4-5,8-9,11-12H2,(H,21,23)/t16-,17-,19+/m0/s1. The Hall–Kier alpha value is -1.81. The van der Waals surface area contributed by atoms with E-state index < -0.39 is 17.0 Å². The second-order valence-corrected chi connectivity index (χ2v) is 7.32. The number of aldehydes is 1. The molecule has 2 aliphatic rings. The Kier molecular flexibility index (Phi) is 5.24. The van der Waals surface area contributed by atoms with Crippen molar-refractivity contribution in [3.05, 3.63) is 47.5 Å². The Balaban J connectivity index is 1.65. The largest absolute Gasteiger partial charge is 0.445 e. The second-order valence-electron chi connectivity index (χ2n) is 6.62. The molecule has 0 radical (unpaired) electrons. The molecule has 0 aliphatic heterocycles. The third-order valence-electron chi connectivity index (χ3n) is 4.93. The summed E-state index contributed by atoms with van der Waals surface area (Å²) in [5, 5.41) is 2.76. The quantitative estimate of drug-likeness (QED) is 0.509. The lowest BCUT2D eigenvalue weighted by molar-refractivity contribution is -0.111. The van der Waals surface area contributed by atoms with Gasteiger partial charge in [-0.2, -0.15) is 0 Å². The van der Waals surface area contributed by atoms with E-state index in [0.29, 0.717) is 12.3 Å². The number of allylic oxidation sites excluding steroid dienone is 1. The number of ether oxygens (including phenoxy) is 1. The minimum atomic E-state index is -1.09. The van der Waals surface area contributed by atoms with Gasteiger partial charge in [-0.05, 0) is 37.2 Å². The zero-order chi connectivity index (χ0) is 17.0. The maximum Gasteiger partial charge on any atom is 0.408 e. The third kappa shape index (κ3) is 3.81. The number of benzene rings is 1. The van der Waals surface area contributed by atoms with Crippen LogP contribution in [-0.4, -0.2) is 23.3 Å². The molecule has 0 unspecified atom stereocenters. The normalized spacial score (nSPS) is 29.1. The molecule has 128 valence electrons. The van der Waals surface area contributed by atoms with Gasteiger partial charge in [0.2, 0.25) is 0 Å². The van der Waals surface area contributed by atoms with Crippen molar-refractivity contribution in [1.82, 2.24) is 5.32 Å². The zero-order valence-corrected chi connectivity index (χ0v) is 14.3. The van der Waals surface area contributed by atoms with Crippen molar-refractivity contribution in [2.75, 3.05) is 0 Å². The molecule has 1 aromatic rings. The Labute approximate surface area is 147 Å². The minimum Gasteiger partial charge on any atom is -0.445 e. The zero-order valence-electron chi connectivity index (χ0n) is 13.5. The van der Waals surface area contributed by atoms with E-state index in [1.54, 1.807) is 0 Å². The molecule has 1 saturated carbocycles. The van der Waals surface area contributed by atoms with Crippen LogP contribution in [0.2, 0.25) is 0 Å². The van der Waals surface area contributed by atoms with Gasteiger partial charge in [0.25, 0.3) is 0 Å². The Morgan fingerprint density at radius 2 is 2.12 bits per heavy atom. The van der Waals surface area contributed by atoms with E-state index in [1.165, 1.54) is 12.0 Å². The average molecular weight is 348 g/mol. The predicted molar refractivity (Wildman–Crippen MR) is 92.9 cm³/mol. The molecule has 0 heterocycles. The number of alkyl halides is 1. The van der Waals surface area contributed by atoms with E-state index in [1.807, 2.05) is 36.4 Å². The predicted octanol–water partition coefficient (Wildman–Crippen LogP) is 3.98. The smallest absolute Gasteiger partial charge is 0.408 e. The maximum absolute atomic E-state index is 12.1. The number of carbonyl (C=O) groups excluding carboxylic acids is 2. The van der Waals surface area contributed by atoms with Crippen molar-refractivity contribution < 1.29 is 14.3 Å². The number of fused-ring (bicyclic) bond motifs is 1.